The number of ether oxygens (including phenoxy) is 2. The predicted molar refractivity (Wildman–Crippen MR) is 48.2 cm³/mol. The maximum Gasteiger partial charge on any atom is 0.159 e. The SMILES string of the molecule is Cn1ncc(C(N)CC2OCCO2)n1. The molecule has 1 aromatic heterocycles. The number of nitrogens with zero attached hydrogens (tertiary/aromatic N) is 3. The van der Waals surface area contributed by atoms with E-state index in [9.17, 15) is 0 Å². The van der Waals surface area contributed by atoms with Crippen LogP contribution in [0.3, 0.4) is 0 Å². The number of rotatable bonds is 3. The van der Waals surface area contributed by atoms with Crippen LogP contribution in [0, 0.1) is 0 Å². The van der Waals surface area contributed by atoms with Gasteiger partial charge >= 0.3 is 0 Å². The fraction of sp³-hybridized carbons (Fsp3) is 0.750. The predicted octanol–water partition coefficient (Wildman–Crippen LogP) is -0.422. The average Bonchev–Trinajstić information content (AvgIpc) is 2.75. The van der Waals surface area contributed by atoms with Crippen molar-refractivity contribution in [2.24, 2.45) is 12.8 Å². The second-order valence-electron chi connectivity index (χ2n) is 3.27. The van der Waals surface area contributed by atoms with Crippen LogP contribution < -0.4 is 5.73 Å². The lowest BCUT2D eigenvalue weighted by Gasteiger charge is -2.12. The molecule has 0 spiro atoms. The number of aryl methyl sites for hydroxylation is 1. The third kappa shape index (κ3) is 2.09. The van der Waals surface area contributed by atoms with Crippen molar-refractivity contribution >= 4 is 0 Å². The van der Waals surface area contributed by atoms with Gasteiger partial charge in [-0.05, 0) is 0 Å². The molecule has 0 amide bonds. The van der Waals surface area contributed by atoms with Crippen LogP contribution in [0.15, 0.2) is 6.20 Å². The summed E-state index contributed by atoms with van der Waals surface area (Å²) < 4.78 is 10.6. The minimum absolute atomic E-state index is 0.174. The van der Waals surface area contributed by atoms with E-state index in [-0.39, 0.29) is 12.3 Å². The van der Waals surface area contributed by atoms with Crippen molar-refractivity contribution in [2.45, 2.75) is 18.8 Å². The third-order valence-electron chi connectivity index (χ3n) is 2.13. The van der Waals surface area contributed by atoms with E-state index in [0.717, 1.165) is 5.69 Å². The molecule has 2 N–H and O–H groups in total. The van der Waals surface area contributed by atoms with Crippen molar-refractivity contribution in [3.63, 3.8) is 0 Å². The smallest absolute Gasteiger partial charge is 0.159 e. The molecule has 6 nitrogen and oxygen atoms in total. The molecule has 1 aliphatic rings. The Morgan fingerprint density at radius 2 is 2.36 bits per heavy atom. The summed E-state index contributed by atoms with van der Waals surface area (Å²) >= 11 is 0. The summed E-state index contributed by atoms with van der Waals surface area (Å²) in [5.41, 5.74) is 6.68. The summed E-state index contributed by atoms with van der Waals surface area (Å²) in [6.07, 6.45) is 2.10. The van der Waals surface area contributed by atoms with Gasteiger partial charge in [-0.25, -0.2) is 0 Å². The highest BCUT2D eigenvalue weighted by atomic mass is 16.7. The summed E-state index contributed by atoms with van der Waals surface area (Å²) in [5, 5.41) is 8.08. The number of aromatic nitrogens is 3. The van der Waals surface area contributed by atoms with Gasteiger partial charge in [0.05, 0.1) is 31.1 Å². The molecule has 1 aromatic rings. The highest BCUT2D eigenvalue weighted by molar-refractivity contribution is 4.98. The molecule has 2 heterocycles. The van der Waals surface area contributed by atoms with E-state index in [2.05, 4.69) is 10.2 Å². The number of hydrogen-bond acceptors (Lipinski definition) is 5. The average molecular weight is 198 g/mol. The zero-order valence-corrected chi connectivity index (χ0v) is 8.09. The first-order valence-electron chi connectivity index (χ1n) is 4.60. The molecule has 14 heavy (non-hydrogen) atoms. The normalized spacial score (nSPS) is 20.1. The summed E-state index contributed by atoms with van der Waals surface area (Å²) in [6, 6.07) is -0.174. The van der Waals surface area contributed by atoms with Crippen LogP contribution in [-0.2, 0) is 16.5 Å². The fourth-order valence-corrected chi connectivity index (χ4v) is 1.40. The molecule has 1 unspecified atom stereocenters. The van der Waals surface area contributed by atoms with E-state index in [0.29, 0.717) is 19.6 Å². The lowest BCUT2D eigenvalue weighted by molar-refractivity contribution is -0.0510. The van der Waals surface area contributed by atoms with E-state index < -0.39 is 0 Å². The molecule has 1 aliphatic heterocycles. The van der Waals surface area contributed by atoms with Crippen molar-refractivity contribution in [3.8, 4) is 0 Å². The maximum atomic E-state index is 5.91. The Bertz CT molecular complexity index is 295. The molecule has 1 fully saturated rings. The van der Waals surface area contributed by atoms with Gasteiger partial charge in [-0.2, -0.15) is 15.0 Å². The maximum absolute atomic E-state index is 5.91. The highest BCUT2D eigenvalue weighted by Crippen LogP contribution is 2.17. The second-order valence-corrected chi connectivity index (χ2v) is 3.27. The minimum atomic E-state index is -0.188. The van der Waals surface area contributed by atoms with Gasteiger partial charge in [0.1, 0.15) is 0 Å². The lowest BCUT2D eigenvalue weighted by atomic mass is 10.1. The van der Waals surface area contributed by atoms with Crippen molar-refractivity contribution in [1.82, 2.24) is 15.0 Å². The van der Waals surface area contributed by atoms with Crippen LogP contribution in [0.1, 0.15) is 18.2 Å². The van der Waals surface area contributed by atoms with Gasteiger partial charge < -0.3 is 15.2 Å². The molecule has 0 aromatic carbocycles. The minimum Gasteiger partial charge on any atom is -0.350 e. The number of nitrogens with two attached hydrogens (primary N) is 1. The van der Waals surface area contributed by atoms with E-state index in [1.54, 1.807) is 13.2 Å². The van der Waals surface area contributed by atoms with Crippen LogP contribution >= 0.6 is 0 Å². The zero-order valence-electron chi connectivity index (χ0n) is 8.09. The summed E-state index contributed by atoms with van der Waals surface area (Å²) in [4.78, 5) is 1.49. The quantitative estimate of drug-likeness (QED) is 0.713. The molecule has 0 aliphatic carbocycles. The Morgan fingerprint density at radius 1 is 1.64 bits per heavy atom. The van der Waals surface area contributed by atoms with Crippen LogP contribution in [0.4, 0.5) is 0 Å². The van der Waals surface area contributed by atoms with Gasteiger partial charge in [0, 0.05) is 13.5 Å². The standard InChI is InChI=1S/C8H14N4O2/c1-12-10-5-7(11-12)6(9)4-8-13-2-3-14-8/h5-6,8H,2-4,9H2,1H3. The monoisotopic (exact) mass is 198 g/mol. The van der Waals surface area contributed by atoms with Crippen LogP contribution in [0.5, 0.6) is 0 Å². The largest absolute Gasteiger partial charge is 0.350 e. The van der Waals surface area contributed by atoms with Gasteiger partial charge in [0.2, 0.25) is 0 Å². The van der Waals surface area contributed by atoms with Gasteiger partial charge in [-0.15, -0.1) is 0 Å². The molecular formula is C8H14N4O2. The summed E-state index contributed by atoms with van der Waals surface area (Å²) in [5.74, 6) is 0. The Hall–Kier alpha value is -0.980. The first-order valence-corrected chi connectivity index (χ1v) is 4.60. The van der Waals surface area contributed by atoms with E-state index >= 15 is 0 Å². The van der Waals surface area contributed by atoms with Gasteiger partial charge in [-0.1, -0.05) is 0 Å². The summed E-state index contributed by atoms with van der Waals surface area (Å²) in [6.45, 7) is 1.30. The molecular weight excluding hydrogens is 184 g/mol. The van der Waals surface area contributed by atoms with Gasteiger partial charge in [-0.3, -0.25) is 0 Å². The van der Waals surface area contributed by atoms with E-state index in [1.165, 1.54) is 4.80 Å². The second kappa shape index (κ2) is 4.04. The zero-order chi connectivity index (χ0) is 9.97. The molecule has 0 radical (unpaired) electrons. The van der Waals surface area contributed by atoms with Gasteiger partial charge in [0.25, 0.3) is 0 Å². The van der Waals surface area contributed by atoms with Crippen molar-refractivity contribution in [2.75, 3.05) is 13.2 Å². The van der Waals surface area contributed by atoms with Crippen molar-refractivity contribution in [3.05, 3.63) is 11.9 Å². The lowest BCUT2D eigenvalue weighted by Crippen LogP contribution is -2.20. The first-order chi connectivity index (χ1) is 6.75. The van der Waals surface area contributed by atoms with Crippen LogP contribution in [-0.4, -0.2) is 34.5 Å². The van der Waals surface area contributed by atoms with Crippen LogP contribution in [0.2, 0.25) is 0 Å². The van der Waals surface area contributed by atoms with E-state index in [1.807, 2.05) is 0 Å². The molecule has 78 valence electrons. The fourth-order valence-electron chi connectivity index (χ4n) is 1.40. The molecule has 1 saturated heterocycles. The summed E-state index contributed by atoms with van der Waals surface area (Å²) in [7, 11) is 1.76. The molecule has 2 rings (SSSR count). The highest BCUT2D eigenvalue weighted by Gasteiger charge is 2.21. The first kappa shape index (κ1) is 9.57. The van der Waals surface area contributed by atoms with E-state index in [4.69, 9.17) is 15.2 Å². The van der Waals surface area contributed by atoms with Crippen LogP contribution in [0.25, 0.3) is 0 Å². The molecule has 0 saturated carbocycles. The Balaban J connectivity index is 1.91. The Kier molecular flexibility index (Phi) is 2.76. The number of hydrogen-bond donors (Lipinski definition) is 1. The van der Waals surface area contributed by atoms with Crippen molar-refractivity contribution < 1.29 is 9.47 Å². The molecule has 6 heteroatoms. The Labute approximate surface area is 82.0 Å². The Morgan fingerprint density at radius 3 is 2.93 bits per heavy atom. The molecule has 0 bridgehead atoms. The van der Waals surface area contributed by atoms with Gasteiger partial charge in [0.15, 0.2) is 6.29 Å². The third-order valence-corrected chi connectivity index (χ3v) is 2.13. The topological polar surface area (TPSA) is 75.2 Å². The molecule has 1 atom stereocenters. The van der Waals surface area contributed by atoms with Crippen molar-refractivity contribution in [1.29, 1.82) is 0 Å².